The molecule has 0 heterocycles. The van der Waals surface area contributed by atoms with Crippen molar-refractivity contribution in [2.75, 3.05) is 0 Å². The first-order valence-electron chi connectivity index (χ1n) is 10.8. The highest BCUT2D eigenvalue weighted by Crippen LogP contribution is 2.14. The van der Waals surface area contributed by atoms with Crippen molar-refractivity contribution >= 4 is 23.7 Å². The Kier molecular flexibility index (Phi) is 10.8. The molecular formula is C23H35N3O6. The standard InChI is InChI=1S/C23H35N3O6/c1-7-18(27)24-16(6)22(29)26(31)20(15(4)5)21(28)25-19(14(2)3)23(30)32-13-17-11-9-8-10-12-17/h8-12,14-16,19-20,31H,7,13H2,1-6H3,(H,24,27)(H,25,28)/t16-,19-,20+/m0/s1. The van der Waals surface area contributed by atoms with Gasteiger partial charge in [0.05, 0.1) is 0 Å². The Bertz CT molecular complexity index is 781. The predicted molar refractivity (Wildman–Crippen MR) is 118 cm³/mol. The van der Waals surface area contributed by atoms with Gasteiger partial charge in [-0.1, -0.05) is 65.0 Å². The molecule has 178 valence electrons. The zero-order valence-corrected chi connectivity index (χ0v) is 19.6. The van der Waals surface area contributed by atoms with Gasteiger partial charge in [-0.25, -0.2) is 9.86 Å². The minimum absolute atomic E-state index is 0.0611. The third-order valence-electron chi connectivity index (χ3n) is 4.90. The van der Waals surface area contributed by atoms with Gasteiger partial charge in [0.2, 0.25) is 11.8 Å². The number of nitrogens with one attached hydrogen (secondary N) is 2. The van der Waals surface area contributed by atoms with Crippen molar-refractivity contribution < 1.29 is 29.1 Å². The van der Waals surface area contributed by atoms with Gasteiger partial charge in [-0.05, 0) is 24.3 Å². The van der Waals surface area contributed by atoms with Crippen LogP contribution < -0.4 is 10.6 Å². The van der Waals surface area contributed by atoms with E-state index >= 15 is 0 Å². The van der Waals surface area contributed by atoms with Crippen LogP contribution in [0.5, 0.6) is 0 Å². The summed E-state index contributed by atoms with van der Waals surface area (Å²) in [4.78, 5) is 49.7. The van der Waals surface area contributed by atoms with Crippen LogP contribution in [-0.2, 0) is 30.5 Å². The monoisotopic (exact) mass is 449 g/mol. The number of nitrogens with zero attached hydrogens (tertiary/aromatic N) is 1. The molecule has 0 spiro atoms. The van der Waals surface area contributed by atoms with Crippen LogP contribution in [0.15, 0.2) is 30.3 Å². The summed E-state index contributed by atoms with van der Waals surface area (Å²) < 4.78 is 5.35. The average Bonchev–Trinajstić information content (AvgIpc) is 2.75. The summed E-state index contributed by atoms with van der Waals surface area (Å²) in [7, 11) is 0. The van der Waals surface area contributed by atoms with Gasteiger partial charge in [-0.2, -0.15) is 0 Å². The van der Waals surface area contributed by atoms with Gasteiger partial charge in [-0.15, -0.1) is 0 Å². The Morgan fingerprint density at radius 1 is 0.969 bits per heavy atom. The summed E-state index contributed by atoms with van der Waals surface area (Å²) in [5, 5.41) is 15.9. The van der Waals surface area contributed by atoms with E-state index in [1.54, 1.807) is 34.6 Å². The second-order valence-electron chi connectivity index (χ2n) is 8.34. The van der Waals surface area contributed by atoms with Gasteiger partial charge in [0.1, 0.15) is 24.7 Å². The second-order valence-corrected chi connectivity index (χ2v) is 8.34. The van der Waals surface area contributed by atoms with E-state index in [1.807, 2.05) is 30.3 Å². The quantitative estimate of drug-likeness (QED) is 0.270. The molecule has 3 atom stereocenters. The number of amides is 3. The smallest absolute Gasteiger partial charge is 0.329 e. The molecule has 1 aromatic carbocycles. The molecule has 32 heavy (non-hydrogen) atoms. The lowest BCUT2D eigenvalue weighted by atomic mass is 9.99. The van der Waals surface area contributed by atoms with E-state index in [4.69, 9.17) is 4.74 Å². The second kappa shape index (κ2) is 12.8. The summed E-state index contributed by atoms with van der Waals surface area (Å²) in [5.41, 5.74) is 0.810. The van der Waals surface area contributed by atoms with Crippen LogP contribution in [0, 0.1) is 11.8 Å². The van der Waals surface area contributed by atoms with Gasteiger partial charge in [0, 0.05) is 6.42 Å². The first-order chi connectivity index (χ1) is 15.0. The molecule has 9 nitrogen and oxygen atoms in total. The first-order valence-corrected chi connectivity index (χ1v) is 10.8. The minimum Gasteiger partial charge on any atom is -0.459 e. The number of hydrogen-bond acceptors (Lipinski definition) is 6. The highest BCUT2D eigenvalue weighted by molar-refractivity contribution is 5.93. The third-order valence-corrected chi connectivity index (χ3v) is 4.90. The minimum atomic E-state index is -1.26. The Morgan fingerprint density at radius 2 is 1.56 bits per heavy atom. The molecule has 1 rings (SSSR count). The normalized spacial score (nSPS) is 13.8. The van der Waals surface area contributed by atoms with Crippen molar-refractivity contribution in [3.63, 3.8) is 0 Å². The number of carbonyl (C=O) groups excluding carboxylic acids is 4. The fraction of sp³-hybridized carbons (Fsp3) is 0.565. The average molecular weight is 450 g/mol. The van der Waals surface area contributed by atoms with Crippen molar-refractivity contribution in [3.05, 3.63) is 35.9 Å². The number of ether oxygens (including phenoxy) is 1. The molecule has 3 N–H and O–H groups in total. The molecule has 0 radical (unpaired) electrons. The van der Waals surface area contributed by atoms with E-state index in [0.29, 0.717) is 5.06 Å². The molecule has 0 saturated carbocycles. The maximum absolute atomic E-state index is 13.0. The molecular weight excluding hydrogens is 414 g/mol. The van der Waals surface area contributed by atoms with Crippen molar-refractivity contribution in [2.45, 2.75) is 72.7 Å². The van der Waals surface area contributed by atoms with Crippen LogP contribution in [0.25, 0.3) is 0 Å². The number of hydrogen-bond donors (Lipinski definition) is 3. The number of hydroxylamine groups is 2. The molecule has 0 fully saturated rings. The summed E-state index contributed by atoms with van der Waals surface area (Å²) in [6.07, 6.45) is 0.179. The fourth-order valence-corrected chi connectivity index (χ4v) is 2.99. The zero-order valence-electron chi connectivity index (χ0n) is 19.6. The molecule has 0 aliphatic carbocycles. The van der Waals surface area contributed by atoms with Gasteiger partial charge in [0.25, 0.3) is 5.91 Å². The molecule has 9 heteroatoms. The highest BCUT2D eigenvalue weighted by atomic mass is 16.5. The van der Waals surface area contributed by atoms with Crippen LogP contribution in [0.1, 0.15) is 53.5 Å². The number of carbonyl (C=O) groups is 4. The molecule has 0 bridgehead atoms. The molecule has 0 aliphatic rings. The summed E-state index contributed by atoms with van der Waals surface area (Å²) in [6.45, 7) is 9.95. The van der Waals surface area contributed by atoms with E-state index in [2.05, 4.69) is 10.6 Å². The van der Waals surface area contributed by atoms with Gasteiger partial charge in [-0.3, -0.25) is 19.6 Å². The molecule has 1 aromatic rings. The highest BCUT2D eigenvalue weighted by Gasteiger charge is 2.37. The number of rotatable bonds is 11. The van der Waals surface area contributed by atoms with Crippen molar-refractivity contribution in [2.24, 2.45) is 11.8 Å². The largest absolute Gasteiger partial charge is 0.459 e. The lowest BCUT2D eigenvalue weighted by molar-refractivity contribution is -0.186. The lowest BCUT2D eigenvalue weighted by Gasteiger charge is -2.31. The number of esters is 1. The van der Waals surface area contributed by atoms with Gasteiger partial charge in [0.15, 0.2) is 0 Å². The predicted octanol–water partition coefficient (Wildman–Crippen LogP) is 2.03. The van der Waals surface area contributed by atoms with Gasteiger partial charge < -0.3 is 15.4 Å². The molecule has 0 saturated heterocycles. The van der Waals surface area contributed by atoms with E-state index in [0.717, 1.165) is 5.56 Å². The van der Waals surface area contributed by atoms with Crippen molar-refractivity contribution in [1.29, 1.82) is 0 Å². The van der Waals surface area contributed by atoms with Crippen molar-refractivity contribution in [1.82, 2.24) is 15.7 Å². The Hall–Kier alpha value is -2.94. The molecule has 0 aliphatic heterocycles. The molecule has 0 aromatic heterocycles. The van der Waals surface area contributed by atoms with Crippen LogP contribution in [0.4, 0.5) is 0 Å². The summed E-state index contributed by atoms with van der Waals surface area (Å²) >= 11 is 0. The van der Waals surface area contributed by atoms with Crippen LogP contribution in [-0.4, -0.2) is 52.1 Å². The third kappa shape index (κ3) is 7.96. The van der Waals surface area contributed by atoms with E-state index in [9.17, 15) is 24.4 Å². The van der Waals surface area contributed by atoms with Crippen LogP contribution >= 0.6 is 0 Å². The number of benzene rings is 1. The Morgan fingerprint density at radius 3 is 2.06 bits per heavy atom. The van der Waals surface area contributed by atoms with E-state index in [-0.39, 0.29) is 24.9 Å². The van der Waals surface area contributed by atoms with E-state index < -0.39 is 41.8 Å². The Balaban J connectivity index is 2.88. The van der Waals surface area contributed by atoms with E-state index in [1.165, 1.54) is 6.92 Å². The lowest BCUT2D eigenvalue weighted by Crippen LogP contribution is -2.58. The molecule has 3 amide bonds. The first kappa shape index (κ1) is 27.1. The maximum Gasteiger partial charge on any atom is 0.329 e. The van der Waals surface area contributed by atoms with Crippen LogP contribution in [0.2, 0.25) is 0 Å². The zero-order chi connectivity index (χ0) is 24.4. The maximum atomic E-state index is 13.0. The Labute approximate surface area is 189 Å². The van der Waals surface area contributed by atoms with Gasteiger partial charge >= 0.3 is 5.97 Å². The summed E-state index contributed by atoms with van der Waals surface area (Å²) in [6, 6.07) is 5.91. The molecule has 0 unspecified atom stereocenters. The summed E-state index contributed by atoms with van der Waals surface area (Å²) in [5.74, 6) is -3.25. The topological polar surface area (TPSA) is 125 Å². The van der Waals surface area contributed by atoms with Crippen molar-refractivity contribution in [3.8, 4) is 0 Å². The van der Waals surface area contributed by atoms with Crippen LogP contribution in [0.3, 0.4) is 0 Å². The fourth-order valence-electron chi connectivity index (χ4n) is 2.99. The SMILES string of the molecule is CCC(=O)N[C@@H](C)C(=O)N(O)[C@@H](C(=O)N[C@H](C(=O)OCc1ccccc1)C(C)C)C(C)C.